The van der Waals surface area contributed by atoms with Crippen LogP contribution in [-0.4, -0.2) is 36.6 Å². The van der Waals surface area contributed by atoms with Gasteiger partial charge < -0.3 is 19.7 Å². The summed E-state index contributed by atoms with van der Waals surface area (Å²) in [5, 5.41) is 33.0. The Hall–Kier alpha value is -8.28. The third kappa shape index (κ3) is 6.44. The molecule has 0 radical (unpaired) electrons. The van der Waals surface area contributed by atoms with Gasteiger partial charge in [0.15, 0.2) is 0 Å². The lowest BCUT2D eigenvalue weighted by atomic mass is 9.66. The van der Waals surface area contributed by atoms with Crippen LogP contribution in [0, 0.1) is 0 Å². The van der Waals surface area contributed by atoms with Crippen LogP contribution in [0.25, 0.3) is 98.0 Å². The second-order valence-electron chi connectivity index (χ2n) is 18.2. The van der Waals surface area contributed by atoms with E-state index in [9.17, 15) is 10.2 Å². The largest absolute Gasteiger partial charge is 0.491 e. The number of ether oxygens (including phenoxy) is 2. The predicted octanol–water partition coefficient (Wildman–Crippen LogP) is 15.0. The first kappa shape index (κ1) is 41.0. The molecule has 4 nitrogen and oxygen atoms in total. The molecule has 0 saturated carbocycles. The summed E-state index contributed by atoms with van der Waals surface area (Å²) in [5.41, 5.74) is 11.1. The summed E-state index contributed by atoms with van der Waals surface area (Å²) in [6.45, 7) is 0.310. The van der Waals surface area contributed by atoms with E-state index in [1.807, 2.05) is 0 Å². The van der Waals surface area contributed by atoms with Gasteiger partial charge in [-0.3, -0.25) is 0 Å². The first-order chi connectivity index (χ1) is 34.1. The third-order valence-corrected chi connectivity index (χ3v) is 14.5. The van der Waals surface area contributed by atoms with E-state index in [4.69, 9.17) is 9.47 Å². The Morgan fingerprint density at radius 3 is 1.17 bits per heavy atom. The van der Waals surface area contributed by atoms with E-state index in [1.54, 1.807) is 0 Å². The number of hydrogen-bond donors (Lipinski definition) is 2. The fourth-order valence-electron chi connectivity index (χ4n) is 11.5. The van der Waals surface area contributed by atoms with Gasteiger partial charge in [0.05, 0.1) is 18.6 Å². The Balaban J connectivity index is 1.18. The van der Waals surface area contributed by atoms with Crippen molar-refractivity contribution in [3.8, 4) is 44.9 Å². The smallest absolute Gasteiger partial charge is 0.127 e. The highest BCUT2D eigenvalue weighted by Crippen LogP contribution is 2.61. The van der Waals surface area contributed by atoms with Crippen LogP contribution < -0.4 is 9.47 Å². The zero-order valence-electron chi connectivity index (χ0n) is 37.8. The quantitative estimate of drug-likeness (QED) is 0.134. The fourth-order valence-corrected chi connectivity index (χ4v) is 11.5. The van der Waals surface area contributed by atoms with Crippen LogP contribution in [0.15, 0.2) is 218 Å². The molecule has 1 aliphatic rings. The average Bonchev–Trinajstić information content (AvgIpc) is 3.72. The second kappa shape index (κ2) is 16.5. The van der Waals surface area contributed by atoms with Crippen molar-refractivity contribution in [1.29, 1.82) is 0 Å². The van der Waals surface area contributed by atoms with Crippen molar-refractivity contribution in [2.45, 2.75) is 5.41 Å². The van der Waals surface area contributed by atoms with Crippen molar-refractivity contribution in [3.63, 3.8) is 0 Å². The Labute approximate surface area is 399 Å². The molecule has 0 aromatic heterocycles. The number of rotatable bonds is 10. The summed E-state index contributed by atoms with van der Waals surface area (Å²) in [6.07, 6.45) is 0. The summed E-state index contributed by atoms with van der Waals surface area (Å²) in [4.78, 5) is 0. The van der Waals surface area contributed by atoms with Gasteiger partial charge in [0.2, 0.25) is 0 Å². The minimum Gasteiger partial charge on any atom is -0.491 e. The summed E-state index contributed by atoms with van der Waals surface area (Å²) < 4.78 is 12.4. The topological polar surface area (TPSA) is 58.9 Å². The van der Waals surface area contributed by atoms with Crippen LogP contribution in [-0.2, 0) is 5.41 Å². The standard InChI is InChI=1S/C65H46O4/c66-31-33-68-61-37-47-27-29-49(39-57(47)53-15-5-7-17-55(53)61)65(50-30-28-48-38-62(69-34-32-67)56-18-8-6-16-54(56)58(48)40-50)59-21-9-19-51(45-25-23-41-11-1-3-13-43(41)35-45)63(59)64-52(20-10-22-60(64)65)46-26-24-42-12-2-4-14-44(42)36-46/h1-30,35-40,66-67H,31-34H2. The molecular weight excluding hydrogens is 845 g/mol. The molecule has 0 heterocycles. The van der Waals surface area contributed by atoms with Gasteiger partial charge in [-0.2, -0.15) is 0 Å². The van der Waals surface area contributed by atoms with E-state index in [1.165, 1.54) is 66.1 Å². The molecule has 0 spiro atoms. The minimum atomic E-state index is -0.799. The van der Waals surface area contributed by atoms with Gasteiger partial charge in [-0.25, -0.2) is 0 Å². The molecule has 0 bridgehead atoms. The van der Waals surface area contributed by atoms with Crippen molar-refractivity contribution < 1.29 is 19.7 Å². The zero-order valence-corrected chi connectivity index (χ0v) is 37.8. The normalized spacial score (nSPS) is 12.8. The summed E-state index contributed by atoms with van der Waals surface area (Å²) in [6, 6.07) is 80.0. The summed E-state index contributed by atoms with van der Waals surface area (Å²) in [7, 11) is 0. The third-order valence-electron chi connectivity index (χ3n) is 14.5. The van der Waals surface area contributed by atoms with Gasteiger partial charge in [0.25, 0.3) is 0 Å². The first-order valence-corrected chi connectivity index (χ1v) is 23.8. The van der Waals surface area contributed by atoms with Crippen molar-refractivity contribution in [2.75, 3.05) is 26.4 Å². The van der Waals surface area contributed by atoms with E-state index in [0.717, 1.165) is 65.7 Å². The lowest BCUT2D eigenvalue weighted by Gasteiger charge is -2.35. The molecule has 2 N–H and O–H groups in total. The van der Waals surface area contributed by atoms with Crippen LogP contribution >= 0.6 is 0 Å². The van der Waals surface area contributed by atoms with Gasteiger partial charge in [-0.1, -0.05) is 182 Å². The number of benzene rings is 12. The second-order valence-corrected chi connectivity index (χ2v) is 18.2. The minimum absolute atomic E-state index is 0.0624. The van der Waals surface area contributed by atoms with E-state index in [2.05, 4.69) is 218 Å². The van der Waals surface area contributed by atoms with Gasteiger partial charge in [-0.15, -0.1) is 0 Å². The molecule has 12 aromatic carbocycles. The Kier molecular flexibility index (Phi) is 9.79. The van der Waals surface area contributed by atoms with Crippen molar-refractivity contribution >= 4 is 64.6 Å². The van der Waals surface area contributed by atoms with Gasteiger partial charge >= 0.3 is 0 Å². The molecule has 13 rings (SSSR count). The van der Waals surface area contributed by atoms with E-state index in [-0.39, 0.29) is 26.4 Å². The van der Waals surface area contributed by atoms with Crippen LogP contribution in [0.5, 0.6) is 11.5 Å². The maximum atomic E-state index is 9.78. The maximum Gasteiger partial charge on any atom is 0.127 e. The lowest BCUT2D eigenvalue weighted by molar-refractivity contribution is 0.203. The van der Waals surface area contributed by atoms with Gasteiger partial charge in [0.1, 0.15) is 24.7 Å². The SMILES string of the molecule is OCCOc1cc2ccc(C3(c4ccc5cc(OCCO)c6ccccc6c5c4)c4cccc(-c5ccc6ccccc6c5)c4-c4c(-c5ccc6ccccc6c5)cccc43)cc2c2ccccc12. The van der Waals surface area contributed by atoms with E-state index >= 15 is 0 Å². The molecule has 0 amide bonds. The average molecular weight is 891 g/mol. The highest BCUT2D eigenvalue weighted by atomic mass is 16.5. The molecular formula is C65H46O4. The number of aliphatic hydroxyl groups is 2. The van der Waals surface area contributed by atoms with Crippen molar-refractivity contribution in [3.05, 3.63) is 241 Å². The fraction of sp³-hybridized carbons (Fsp3) is 0.0769. The zero-order chi connectivity index (χ0) is 46.1. The molecule has 330 valence electrons. The molecule has 69 heavy (non-hydrogen) atoms. The van der Waals surface area contributed by atoms with Crippen LogP contribution in [0.2, 0.25) is 0 Å². The van der Waals surface area contributed by atoms with Crippen LogP contribution in [0.1, 0.15) is 22.3 Å². The molecule has 0 unspecified atom stereocenters. The Bertz CT molecular complexity index is 3760. The number of aliphatic hydroxyl groups excluding tert-OH is 2. The first-order valence-electron chi connectivity index (χ1n) is 23.8. The predicted molar refractivity (Wildman–Crippen MR) is 285 cm³/mol. The molecule has 12 aromatic rings. The Morgan fingerprint density at radius 1 is 0.319 bits per heavy atom. The van der Waals surface area contributed by atoms with Crippen molar-refractivity contribution in [2.24, 2.45) is 0 Å². The monoisotopic (exact) mass is 890 g/mol. The molecule has 1 aliphatic carbocycles. The van der Waals surface area contributed by atoms with Crippen LogP contribution in [0.3, 0.4) is 0 Å². The molecule has 0 fully saturated rings. The van der Waals surface area contributed by atoms with Crippen molar-refractivity contribution in [1.82, 2.24) is 0 Å². The van der Waals surface area contributed by atoms with E-state index in [0.29, 0.717) is 0 Å². The highest BCUT2D eigenvalue weighted by molar-refractivity contribution is 6.13. The molecule has 0 aliphatic heterocycles. The summed E-state index contributed by atoms with van der Waals surface area (Å²) >= 11 is 0. The molecule has 4 heteroatoms. The molecule has 0 atom stereocenters. The number of hydrogen-bond acceptors (Lipinski definition) is 4. The van der Waals surface area contributed by atoms with Crippen LogP contribution in [0.4, 0.5) is 0 Å². The highest BCUT2D eigenvalue weighted by Gasteiger charge is 2.48. The summed E-state index contributed by atoms with van der Waals surface area (Å²) in [5.74, 6) is 1.52. The maximum absolute atomic E-state index is 9.78. The van der Waals surface area contributed by atoms with Gasteiger partial charge in [-0.05, 0) is 146 Å². The Morgan fingerprint density at radius 2 is 0.725 bits per heavy atom. The number of fused-ring (bicyclic) bond motifs is 11. The van der Waals surface area contributed by atoms with E-state index < -0.39 is 5.41 Å². The molecule has 0 saturated heterocycles. The lowest BCUT2D eigenvalue weighted by Crippen LogP contribution is -2.28. The van der Waals surface area contributed by atoms with Gasteiger partial charge in [0, 0.05) is 10.8 Å².